The van der Waals surface area contributed by atoms with Gasteiger partial charge in [-0.1, -0.05) is 56.5 Å². The molecular formula is C18H25Br3O. The minimum absolute atomic E-state index is 0.170. The fraction of sp³-hybridized carbons (Fsp3) is 0.667. The van der Waals surface area contributed by atoms with E-state index in [1.54, 1.807) is 0 Å². The molecule has 0 saturated carbocycles. The molecule has 1 aliphatic rings. The molecule has 0 aliphatic heterocycles. The number of fused-ring (bicyclic) bond motifs is 1. The van der Waals surface area contributed by atoms with Crippen molar-refractivity contribution in [2.75, 3.05) is 0 Å². The van der Waals surface area contributed by atoms with Crippen LogP contribution < -0.4 is 0 Å². The van der Waals surface area contributed by atoms with Crippen LogP contribution in [0, 0.1) is 11.3 Å². The summed E-state index contributed by atoms with van der Waals surface area (Å²) < 4.78 is 3.10. The summed E-state index contributed by atoms with van der Waals surface area (Å²) in [4.78, 5) is 0. The standard InChI is InChI=1S/C18H25Br3O/c1-5-7-11(8-6-2)18(22)15-12(10-17(18,3)4)13(19)9-14(20)16(15)21/h9,11,22H,5-8,10H2,1-4H3. The van der Waals surface area contributed by atoms with Crippen molar-refractivity contribution < 1.29 is 5.11 Å². The van der Waals surface area contributed by atoms with Gasteiger partial charge in [0.25, 0.3) is 0 Å². The van der Waals surface area contributed by atoms with Crippen LogP contribution in [0.15, 0.2) is 19.5 Å². The molecule has 0 spiro atoms. The molecule has 2 rings (SSSR count). The minimum atomic E-state index is -0.792. The summed E-state index contributed by atoms with van der Waals surface area (Å²) in [5.41, 5.74) is 1.38. The smallest absolute Gasteiger partial charge is 0.0992 e. The Morgan fingerprint density at radius 1 is 1.09 bits per heavy atom. The Hall–Kier alpha value is 0.620. The monoisotopic (exact) mass is 494 g/mol. The number of halogens is 3. The molecule has 0 aromatic heterocycles. The van der Waals surface area contributed by atoms with Crippen LogP contribution in [0.2, 0.25) is 0 Å². The molecule has 1 N–H and O–H groups in total. The molecular weight excluding hydrogens is 472 g/mol. The van der Waals surface area contributed by atoms with Crippen LogP contribution in [-0.4, -0.2) is 5.11 Å². The van der Waals surface area contributed by atoms with Crippen molar-refractivity contribution in [2.24, 2.45) is 11.3 Å². The Bertz CT molecular complexity index is 562. The zero-order valence-electron chi connectivity index (χ0n) is 13.8. The van der Waals surface area contributed by atoms with Crippen LogP contribution in [-0.2, 0) is 12.0 Å². The molecule has 0 saturated heterocycles. The zero-order valence-corrected chi connectivity index (χ0v) is 18.5. The third kappa shape index (κ3) is 2.87. The van der Waals surface area contributed by atoms with Gasteiger partial charge in [0.15, 0.2) is 0 Å². The quantitative estimate of drug-likeness (QED) is 0.437. The second-order valence-electron chi connectivity index (χ2n) is 7.11. The number of aliphatic hydroxyl groups is 1. The van der Waals surface area contributed by atoms with Gasteiger partial charge < -0.3 is 5.11 Å². The summed E-state index contributed by atoms with van der Waals surface area (Å²) in [7, 11) is 0. The number of hydrogen-bond acceptors (Lipinski definition) is 1. The van der Waals surface area contributed by atoms with E-state index in [-0.39, 0.29) is 11.3 Å². The summed E-state index contributed by atoms with van der Waals surface area (Å²) in [5, 5.41) is 12.0. The van der Waals surface area contributed by atoms with Crippen LogP contribution in [0.25, 0.3) is 0 Å². The first-order chi connectivity index (χ1) is 10.2. The maximum absolute atomic E-state index is 12.0. The number of rotatable bonds is 5. The van der Waals surface area contributed by atoms with Crippen LogP contribution in [0.3, 0.4) is 0 Å². The SMILES string of the molecule is CCCC(CCC)C1(O)c2c(Br)c(Br)cc(Br)c2CC1(C)C. The van der Waals surface area contributed by atoms with E-state index in [9.17, 15) is 5.11 Å². The van der Waals surface area contributed by atoms with Crippen LogP contribution in [0.5, 0.6) is 0 Å². The molecule has 1 aromatic carbocycles. The molecule has 0 bridgehead atoms. The van der Waals surface area contributed by atoms with E-state index >= 15 is 0 Å². The predicted octanol–water partition coefficient (Wildman–Crippen LogP) is 6.96. The second kappa shape index (κ2) is 6.85. The topological polar surface area (TPSA) is 20.2 Å². The minimum Gasteiger partial charge on any atom is -0.384 e. The van der Waals surface area contributed by atoms with Gasteiger partial charge in [-0.15, -0.1) is 0 Å². The molecule has 0 heterocycles. The second-order valence-corrected chi connectivity index (χ2v) is 9.61. The molecule has 22 heavy (non-hydrogen) atoms. The maximum Gasteiger partial charge on any atom is 0.0992 e. The lowest BCUT2D eigenvalue weighted by atomic mass is 9.65. The van der Waals surface area contributed by atoms with Gasteiger partial charge in [-0.05, 0) is 68.7 Å². The number of benzene rings is 1. The Balaban J connectivity index is 2.70. The first kappa shape index (κ1) is 19.0. The number of hydrogen-bond donors (Lipinski definition) is 1. The molecule has 4 heteroatoms. The van der Waals surface area contributed by atoms with Gasteiger partial charge in [0, 0.05) is 24.4 Å². The van der Waals surface area contributed by atoms with E-state index in [4.69, 9.17) is 0 Å². The van der Waals surface area contributed by atoms with E-state index in [0.29, 0.717) is 0 Å². The van der Waals surface area contributed by atoms with Crippen LogP contribution >= 0.6 is 47.8 Å². The third-order valence-electron chi connectivity index (χ3n) is 5.17. The molecule has 124 valence electrons. The largest absolute Gasteiger partial charge is 0.384 e. The van der Waals surface area contributed by atoms with Crippen molar-refractivity contribution in [3.8, 4) is 0 Å². The Labute approximate surface area is 159 Å². The molecule has 0 amide bonds. The lowest BCUT2D eigenvalue weighted by Gasteiger charge is -2.44. The van der Waals surface area contributed by atoms with E-state index < -0.39 is 5.60 Å². The summed E-state index contributed by atoms with van der Waals surface area (Å²) in [6.45, 7) is 8.83. The van der Waals surface area contributed by atoms with E-state index in [1.165, 1.54) is 5.56 Å². The Morgan fingerprint density at radius 3 is 2.14 bits per heavy atom. The summed E-state index contributed by atoms with van der Waals surface area (Å²) in [5.74, 6) is 0.288. The van der Waals surface area contributed by atoms with Gasteiger partial charge in [0.05, 0.1) is 5.60 Å². The van der Waals surface area contributed by atoms with E-state index in [1.807, 2.05) is 0 Å². The molecule has 1 aliphatic carbocycles. The van der Waals surface area contributed by atoms with Crippen molar-refractivity contribution >= 4 is 47.8 Å². The molecule has 1 nitrogen and oxygen atoms in total. The fourth-order valence-electron chi connectivity index (χ4n) is 4.13. The fourth-order valence-corrected chi connectivity index (χ4v) is 6.09. The van der Waals surface area contributed by atoms with Gasteiger partial charge in [-0.3, -0.25) is 0 Å². The van der Waals surface area contributed by atoms with Gasteiger partial charge in [0.2, 0.25) is 0 Å². The van der Waals surface area contributed by atoms with E-state index in [2.05, 4.69) is 81.6 Å². The van der Waals surface area contributed by atoms with Crippen LogP contribution in [0.1, 0.15) is 64.5 Å². The predicted molar refractivity (Wildman–Crippen MR) is 104 cm³/mol. The lowest BCUT2D eigenvalue weighted by Crippen LogP contribution is -2.45. The highest BCUT2D eigenvalue weighted by atomic mass is 79.9. The Kier molecular flexibility index (Phi) is 5.90. The van der Waals surface area contributed by atoms with Crippen molar-refractivity contribution in [1.29, 1.82) is 0 Å². The molecule has 0 radical (unpaired) electrons. The first-order valence-corrected chi connectivity index (χ1v) is 10.5. The van der Waals surface area contributed by atoms with Crippen LogP contribution in [0.4, 0.5) is 0 Å². The maximum atomic E-state index is 12.0. The summed E-state index contributed by atoms with van der Waals surface area (Å²) >= 11 is 11.1. The third-order valence-corrected chi connectivity index (χ3v) is 7.86. The van der Waals surface area contributed by atoms with Gasteiger partial charge in [-0.2, -0.15) is 0 Å². The van der Waals surface area contributed by atoms with Crippen molar-refractivity contribution in [3.63, 3.8) is 0 Å². The molecule has 1 aromatic rings. The van der Waals surface area contributed by atoms with Crippen molar-refractivity contribution in [1.82, 2.24) is 0 Å². The molecule has 0 fully saturated rings. The lowest BCUT2D eigenvalue weighted by molar-refractivity contribution is -0.113. The highest BCUT2D eigenvalue weighted by Crippen LogP contribution is 2.60. The first-order valence-electron chi connectivity index (χ1n) is 8.09. The normalized spacial score (nSPS) is 23.1. The molecule has 1 unspecified atom stereocenters. The Morgan fingerprint density at radius 2 is 1.64 bits per heavy atom. The average Bonchev–Trinajstić information content (AvgIpc) is 2.65. The highest BCUT2D eigenvalue weighted by Gasteiger charge is 2.56. The van der Waals surface area contributed by atoms with Gasteiger partial charge in [0.1, 0.15) is 0 Å². The zero-order chi connectivity index (χ0) is 16.7. The van der Waals surface area contributed by atoms with Crippen molar-refractivity contribution in [2.45, 2.75) is 65.4 Å². The molecule has 1 atom stereocenters. The summed E-state index contributed by atoms with van der Waals surface area (Å²) in [6.07, 6.45) is 5.22. The summed E-state index contributed by atoms with van der Waals surface area (Å²) in [6, 6.07) is 2.08. The average molecular weight is 497 g/mol. The van der Waals surface area contributed by atoms with Gasteiger partial charge in [-0.25, -0.2) is 0 Å². The highest BCUT2D eigenvalue weighted by molar-refractivity contribution is 9.13. The van der Waals surface area contributed by atoms with Crippen molar-refractivity contribution in [3.05, 3.63) is 30.6 Å². The van der Waals surface area contributed by atoms with Gasteiger partial charge >= 0.3 is 0 Å². The van der Waals surface area contributed by atoms with E-state index in [0.717, 1.165) is 51.1 Å².